The summed E-state index contributed by atoms with van der Waals surface area (Å²) in [6.07, 6.45) is 14.0. The van der Waals surface area contributed by atoms with E-state index in [9.17, 15) is 15.0 Å². The highest BCUT2D eigenvalue weighted by atomic mass is 16.4. The van der Waals surface area contributed by atoms with Crippen LogP contribution in [0.25, 0.3) is 0 Å². The Labute approximate surface area is 172 Å². The van der Waals surface area contributed by atoms with Gasteiger partial charge >= 0.3 is 5.97 Å². The molecule has 1 fully saturated rings. The molecular formula is C24H44O4. The van der Waals surface area contributed by atoms with Crippen molar-refractivity contribution in [3.8, 4) is 0 Å². The molecule has 1 saturated carbocycles. The van der Waals surface area contributed by atoms with Crippen LogP contribution in [0.5, 0.6) is 0 Å². The molecule has 0 aromatic heterocycles. The maximum Gasteiger partial charge on any atom is 0.306 e. The van der Waals surface area contributed by atoms with Gasteiger partial charge in [-0.3, -0.25) is 4.79 Å². The Bertz CT molecular complexity index is 471. The normalized spacial score (nSPS) is 25.3. The number of hydrogen-bond acceptors (Lipinski definition) is 3. The molecule has 1 aliphatic carbocycles. The maximum absolute atomic E-state index is 11.1. The van der Waals surface area contributed by atoms with Crippen molar-refractivity contribution in [2.45, 2.75) is 111 Å². The van der Waals surface area contributed by atoms with E-state index in [-0.39, 0.29) is 23.4 Å². The minimum Gasteiger partial charge on any atom is -0.481 e. The van der Waals surface area contributed by atoms with Gasteiger partial charge in [-0.25, -0.2) is 0 Å². The summed E-state index contributed by atoms with van der Waals surface area (Å²) in [6, 6.07) is 0. The van der Waals surface area contributed by atoms with E-state index in [1.807, 2.05) is 13.0 Å². The van der Waals surface area contributed by atoms with Gasteiger partial charge in [-0.05, 0) is 55.8 Å². The van der Waals surface area contributed by atoms with Crippen LogP contribution in [0.3, 0.4) is 0 Å². The Hall–Kier alpha value is -0.870. The van der Waals surface area contributed by atoms with Crippen molar-refractivity contribution >= 4 is 5.97 Å². The van der Waals surface area contributed by atoms with E-state index in [0.29, 0.717) is 12.3 Å². The number of rotatable bonds is 14. The van der Waals surface area contributed by atoms with Crippen molar-refractivity contribution in [3.63, 3.8) is 0 Å². The van der Waals surface area contributed by atoms with Gasteiger partial charge < -0.3 is 15.3 Å². The lowest BCUT2D eigenvalue weighted by molar-refractivity contribution is -0.142. The summed E-state index contributed by atoms with van der Waals surface area (Å²) in [5.41, 5.74) is -0.112. The molecule has 0 spiro atoms. The first-order chi connectivity index (χ1) is 13.2. The van der Waals surface area contributed by atoms with E-state index in [0.717, 1.165) is 64.2 Å². The fourth-order valence-electron chi connectivity index (χ4n) is 4.46. The Kier molecular flexibility index (Phi) is 11.4. The van der Waals surface area contributed by atoms with E-state index in [4.69, 9.17) is 5.11 Å². The Morgan fingerprint density at radius 1 is 1.14 bits per heavy atom. The molecule has 4 nitrogen and oxygen atoms in total. The molecule has 4 heteroatoms. The van der Waals surface area contributed by atoms with Crippen LogP contribution in [0.4, 0.5) is 0 Å². The number of carboxylic acid groups (broad SMARTS) is 1. The summed E-state index contributed by atoms with van der Waals surface area (Å²) in [6.45, 7) is 8.36. The van der Waals surface area contributed by atoms with Gasteiger partial charge in [0.1, 0.15) is 0 Å². The second-order valence-corrected chi connectivity index (χ2v) is 9.48. The summed E-state index contributed by atoms with van der Waals surface area (Å²) >= 11 is 0. The summed E-state index contributed by atoms with van der Waals surface area (Å²) < 4.78 is 0. The Balaban J connectivity index is 2.45. The van der Waals surface area contributed by atoms with Crippen molar-refractivity contribution in [1.29, 1.82) is 0 Å². The van der Waals surface area contributed by atoms with Crippen molar-refractivity contribution in [2.75, 3.05) is 0 Å². The molecule has 2 unspecified atom stereocenters. The maximum atomic E-state index is 11.1. The molecule has 0 aliphatic heterocycles. The molecule has 0 amide bonds. The van der Waals surface area contributed by atoms with E-state index in [1.165, 1.54) is 0 Å². The number of hydrogen-bond donors (Lipinski definition) is 3. The quantitative estimate of drug-likeness (QED) is 0.265. The van der Waals surface area contributed by atoms with E-state index in [1.54, 1.807) is 0 Å². The number of aliphatic carboxylic acids is 1. The molecule has 164 valence electrons. The number of unbranched alkanes of at least 4 members (excludes halogenated alkanes) is 3. The van der Waals surface area contributed by atoms with Crippen LogP contribution in [-0.4, -0.2) is 33.5 Å². The monoisotopic (exact) mass is 396 g/mol. The van der Waals surface area contributed by atoms with Crippen LogP contribution in [0.1, 0.15) is 98.3 Å². The van der Waals surface area contributed by atoms with Gasteiger partial charge in [0.2, 0.25) is 0 Å². The molecule has 1 aliphatic rings. The highest BCUT2D eigenvalue weighted by molar-refractivity contribution is 5.69. The molecule has 0 aromatic rings. The molecule has 5 atom stereocenters. The average Bonchev–Trinajstić information content (AvgIpc) is 3.00. The van der Waals surface area contributed by atoms with Gasteiger partial charge in [-0.15, -0.1) is 0 Å². The molecule has 0 saturated heterocycles. The number of aliphatic hydroxyl groups excluding tert-OH is 2. The average molecular weight is 397 g/mol. The van der Waals surface area contributed by atoms with Crippen LogP contribution in [-0.2, 0) is 4.79 Å². The molecular weight excluding hydrogens is 352 g/mol. The summed E-state index contributed by atoms with van der Waals surface area (Å²) in [5.74, 6) is -0.290. The lowest BCUT2D eigenvalue weighted by Crippen LogP contribution is -2.27. The van der Waals surface area contributed by atoms with Crippen LogP contribution >= 0.6 is 0 Å². The van der Waals surface area contributed by atoms with Crippen molar-refractivity contribution in [1.82, 2.24) is 0 Å². The Morgan fingerprint density at radius 2 is 1.86 bits per heavy atom. The largest absolute Gasteiger partial charge is 0.481 e. The van der Waals surface area contributed by atoms with Crippen LogP contribution in [0, 0.1) is 23.2 Å². The first kappa shape index (κ1) is 25.2. The molecule has 28 heavy (non-hydrogen) atoms. The molecule has 0 bridgehead atoms. The molecule has 0 heterocycles. The van der Waals surface area contributed by atoms with Crippen molar-refractivity contribution < 1.29 is 20.1 Å². The molecule has 0 radical (unpaired) electrons. The van der Waals surface area contributed by atoms with Gasteiger partial charge in [0, 0.05) is 0 Å². The summed E-state index contributed by atoms with van der Waals surface area (Å²) in [5, 5.41) is 30.1. The zero-order valence-electron chi connectivity index (χ0n) is 18.6. The molecule has 3 N–H and O–H groups in total. The number of carboxylic acids is 1. The smallest absolute Gasteiger partial charge is 0.306 e. The standard InChI is InChI=1S/C24H44O4/c1-5-7-17-24(3,4)22(26)16-14-19-13-15-21(25)20(19)12-10-8-9-11-18(6-2)23(27)28/h14,16,18-22,25-26H,5-13,15,17H2,1-4H3,(H,27,28)/t18?,19-,20-,21+,22?/m1/s1. The third-order valence-corrected chi connectivity index (χ3v) is 6.79. The fraction of sp³-hybridized carbons (Fsp3) is 0.875. The Morgan fingerprint density at radius 3 is 2.46 bits per heavy atom. The third-order valence-electron chi connectivity index (χ3n) is 6.79. The zero-order chi connectivity index (χ0) is 21.2. The SMILES string of the molecule is CCCCC(C)(C)C(O)C=C[C@H]1CC[C@H](O)[C@@H]1CCCCCC(CC)C(=O)O. The molecule has 0 aromatic carbocycles. The third kappa shape index (κ3) is 8.24. The van der Waals surface area contributed by atoms with Gasteiger partial charge in [0.25, 0.3) is 0 Å². The fourth-order valence-corrected chi connectivity index (χ4v) is 4.46. The first-order valence-corrected chi connectivity index (χ1v) is 11.5. The van der Waals surface area contributed by atoms with Gasteiger partial charge in [0.05, 0.1) is 18.1 Å². The van der Waals surface area contributed by atoms with Crippen molar-refractivity contribution in [3.05, 3.63) is 12.2 Å². The number of carbonyl (C=O) groups is 1. The van der Waals surface area contributed by atoms with Crippen molar-refractivity contribution in [2.24, 2.45) is 23.2 Å². The number of allylic oxidation sites excluding steroid dienone is 1. The summed E-state index contributed by atoms with van der Waals surface area (Å²) in [4.78, 5) is 11.1. The van der Waals surface area contributed by atoms with E-state index in [2.05, 4.69) is 26.8 Å². The van der Waals surface area contributed by atoms with E-state index >= 15 is 0 Å². The topological polar surface area (TPSA) is 77.8 Å². The van der Waals surface area contributed by atoms with Crippen LogP contribution < -0.4 is 0 Å². The first-order valence-electron chi connectivity index (χ1n) is 11.5. The predicted molar refractivity (Wildman–Crippen MR) is 115 cm³/mol. The zero-order valence-corrected chi connectivity index (χ0v) is 18.6. The highest BCUT2D eigenvalue weighted by Gasteiger charge is 2.33. The lowest BCUT2D eigenvalue weighted by Gasteiger charge is -2.29. The van der Waals surface area contributed by atoms with E-state index < -0.39 is 12.1 Å². The second kappa shape index (κ2) is 12.6. The minimum atomic E-state index is -0.681. The van der Waals surface area contributed by atoms with Crippen LogP contribution in [0.2, 0.25) is 0 Å². The summed E-state index contributed by atoms with van der Waals surface area (Å²) in [7, 11) is 0. The number of aliphatic hydroxyl groups is 2. The van der Waals surface area contributed by atoms with Crippen LogP contribution in [0.15, 0.2) is 12.2 Å². The second-order valence-electron chi connectivity index (χ2n) is 9.48. The predicted octanol–water partition coefficient (Wildman–Crippen LogP) is 5.57. The van der Waals surface area contributed by atoms with Gasteiger partial charge in [-0.1, -0.05) is 72.0 Å². The highest BCUT2D eigenvalue weighted by Crippen LogP contribution is 2.37. The lowest BCUT2D eigenvalue weighted by atomic mass is 9.80. The van der Waals surface area contributed by atoms with Gasteiger partial charge in [-0.2, -0.15) is 0 Å². The van der Waals surface area contributed by atoms with Gasteiger partial charge in [0.15, 0.2) is 0 Å². The minimum absolute atomic E-state index is 0.112. The molecule has 1 rings (SSSR count).